The third-order valence-electron chi connectivity index (χ3n) is 11.5. The summed E-state index contributed by atoms with van der Waals surface area (Å²) < 4.78 is 4.81. The van der Waals surface area contributed by atoms with Crippen molar-refractivity contribution in [2.45, 2.75) is 9.79 Å². The number of para-hydroxylation sites is 4. The van der Waals surface area contributed by atoms with Gasteiger partial charge in [0.05, 0.1) is 33.4 Å². The lowest BCUT2D eigenvalue weighted by atomic mass is 10.0. The van der Waals surface area contributed by atoms with Gasteiger partial charge in [-0.05, 0) is 113 Å². The van der Waals surface area contributed by atoms with Crippen LogP contribution in [0.4, 0.5) is 17.1 Å². The van der Waals surface area contributed by atoms with Crippen LogP contribution in [0.25, 0.3) is 76.9 Å². The van der Waals surface area contributed by atoms with Crippen LogP contribution in [-0.4, -0.2) is 9.13 Å². The number of hydrogen-bond acceptors (Lipinski definition) is 2. The molecule has 3 heterocycles. The minimum atomic E-state index is 1.16. The minimum Gasteiger partial charge on any atom is -0.309 e. The number of hydrogen-bond donors (Lipinski definition) is 0. The van der Waals surface area contributed by atoms with Gasteiger partial charge in [0, 0.05) is 48.4 Å². The molecular formula is C52H33N3S. The molecule has 12 rings (SSSR count). The van der Waals surface area contributed by atoms with E-state index in [9.17, 15) is 0 Å². The van der Waals surface area contributed by atoms with E-state index in [1.807, 2.05) is 11.8 Å². The van der Waals surface area contributed by atoms with Gasteiger partial charge in [-0.15, -0.1) is 0 Å². The van der Waals surface area contributed by atoms with Crippen LogP contribution in [0.1, 0.15) is 0 Å². The zero-order chi connectivity index (χ0) is 36.7. The number of anilines is 3. The summed E-state index contributed by atoms with van der Waals surface area (Å²) in [6.45, 7) is 0. The topological polar surface area (TPSA) is 13.1 Å². The number of benzene rings is 9. The molecule has 0 saturated heterocycles. The Labute approximate surface area is 328 Å². The van der Waals surface area contributed by atoms with Gasteiger partial charge in [-0.1, -0.05) is 121 Å². The Morgan fingerprint density at radius 1 is 0.304 bits per heavy atom. The van der Waals surface area contributed by atoms with Gasteiger partial charge < -0.3 is 14.0 Å². The van der Waals surface area contributed by atoms with Crippen molar-refractivity contribution in [2.24, 2.45) is 0 Å². The first-order valence-corrected chi connectivity index (χ1v) is 19.9. The Hall–Kier alpha value is -7.01. The molecule has 0 saturated carbocycles. The second-order valence-electron chi connectivity index (χ2n) is 14.6. The third kappa shape index (κ3) is 4.73. The van der Waals surface area contributed by atoms with Crippen LogP contribution in [0.15, 0.2) is 210 Å². The van der Waals surface area contributed by atoms with Crippen molar-refractivity contribution in [1.82, 2.24) is 9.13 Å². The van der Waals surface area contributed by atoms with Crippen LogP contribution in [0, 0.1) is 0 Å². The first kappa shape index (κ1) is 31.4. The predicted molar refractivity (Wildman–Crippen MR) is 237 cm³/mol. The quantitative estimate of drug-likeness (QED) is 0.179. The van der Waals surface area contributed by atoms with Crippen LogP contribution in [0.5, 0.6) is 0 Å². The number of nitrogens with zero attached hydrogens (tertiary/aromatic N) is 3. The molecule has 4 heteroatoms. The van der Waals surface area contributed by atoms with Gasteiger partial charge >= 0.3 is 0 Å². The van der Waals surface area contributed by atoms with Crippen molar-refractivity contribution in [3.8, 4) is 22.5 Å². The Bertz CT molecular complexity index is 3350. The molecule has 0 fully saturated rings. The van der Waals surface area contributed by atoms with Crippen LogP contribution in [-0.2, 0) is 0 Å². The zero-order valence-corrected chi connectivity index (χ0v) is 31.1. The summed E-state index contributed by atoms with van der Waals surface area (Å²) in [4.78, 5) is 4.93. The summed E-state index contributed by atoms with van der Waals surface area (Å²) in [6, 6.07) is 73.3. The summed E-state index contributed by atoms with van der Waals surface area (Å²) in [5.41, 5.74) is 13.2. The number of aromatic nitrogens is 2. The Balaban J connectivity index is 0.993. The summed E-state index contributed by atoms with van der Waals surface area (Å²) in [5, 5.41) is 7.49. The van der Waals surface area contributed by atoms with E-state index in [0.717, 1.165) is 5.69 Å². The van der Waals surface area contributed by atoms with Gasteiger partial charge in [-0.3, -0.25) is 0 Å². The maximum atomic E-state index is 2.43. The average Bonchev–Trinajstić information content (AvgIpc) is 3.77. The third-order valence-corrected chi connectivity index (χ3v) is 12.6. The second kappa shape index (κ2) is 12.3. The Kier molecular flexibility index (Phi) is 6.86. The zero-order valence-electron chi connectivity index (χ0n) is 30.3. The second-order valence-corrected chi connectivity index (χ2v) is 15.7. The number of rotatable bonds is 4. The normalized spacial score (nSPS) is 12.5. The van der Waals surface area contributed by atoms with Crippen LogP contribution in [0.3, 0.4) is 0 Å². The summed E-state index contributed by atoms with van der Waals surface area (Å²) in [6.07, 6.45) is 0. The molecule has 0 radical (unpaired) electrons. The molecule has 0 spiro atoms. The van der Waals surface area contributed by atoms with Crippen molar-refractivity contribution in [2.75, 3.05) is 4.90 Å². The molecule has 0 aliphatic carbocycles. The fraction of sp³-hybridized carbons (Fsp3) is 0. The molecule has 0 bridgehead atoms. The van der Waals surface area contributed by atoms with Gasteiger partial charge in [0.15, 0.2) is 0 Å². The smallest absolute Gasteiger partial charge is 0.0602 e. The standard InChI is InChI=1S/C52H33N3S/c1-2-14-38(15-3-1)53-45-18-8-7-17-42(45)44-33-40(26-29-48(44)53)54-46-19-9-6-16-41(46)43-31-36(23-27-47(43)54)37-24-28-50-52(32-37)56-51-21-11-10-20-49(51)55(50)39-25-22-34-12-4-5-13-35(34)30-39/h1-33H. The van der Waals surface area contributed by atoms with Crippen molar-refractivity contribution in [3.63, 3.8) is 0 Å². The highest BCUT2D eigenvalue weighted by Gasteiger charge is 2.26. The number of fused-ring (bicyclic) bond motifs is 9. The molecule has 2 aromatic heterocycles. The van der Waals surface area contributed by atoms with Gasteiger partial charge in [0.1, 0.15) is 0 Å². The minimum absolute atomic E-state index is 1.16. The van der Waals surface area contributed by atoms with Gasteiger partial charge in [0.2, 0.25) is 0 Å². The predicted octanol–water partition coefficient (Wildman–Crippen LogP) is 14.6. The van der Waals surface area contributed by atoms with Gasteiger partial charge in [0.25, 0.3) is 0 Å². The van der Waals surface area contributed by atoms with Crippen LogP contribution < -0.4 is 4.90 Å². The van der Waals surface area contributed by atoms with E-state index in [2.05, 4.69) is 214 Å². The molecule has 9 aromatic carbocycles. The van der Waals surface area contributed by atoms with Crippen LogP contribution in [0.2, 0.25) is 0 Å². The highest BCUT2D eigenvalue weighted by Crippen LogP contribution is 2.52. The first-order chi connectivity index (χ1) is 27.8. The Morgan fingerprint density at radius 3 is 1.70 bits per heavy atom. The highest BCUT2D eigenvalue weighted by atomic mass is 32.2. The monoisotopic (exact) mass is 731 g/mol. The van der Waals surface area contributed by atoms with Crippen molar-refractivity contribution >= 4 is 83.2 Å². The molecule has 0 N–H and O–H groups in total. The van der Waals surface area contributed by atoms with E-state index >= 15 is 0 Å². The first-order valence-electron chi connectivity index (χ1n) is 19.1. The lowest BCUT2D eigenvalue weighted by molar-refractivity contribution is 1.16. The van der Waals surface area contributed by atoms with Crippen molar-refractivity contribution in [1.29, 1.82) is 0 Å². The van der Waals surface area contributed by atoms with E-state index in [4.69, 9.17) is 0 Å². The SMILES string of the molecule is c1ccc(-n2c3ccccc3c3cc(-n4c5ccccc5c5cc(-c6ccc7c(c6)Sc6ccccc6N7c6ccc7ccccc7c6)ccc54)ccc32)cc1. The summed E-state index contributed by atoms with van der Waals surface area (Å²) in [5.74, 6) is 0. The van der Waals surface area contributed by atoms with E-state index in [1.165, 1.54) is 98.1 Å². The van der Waals surface area contributed by atoms with E-state index in [0.29, 0.717) is 0 Å². The molecule has 0 unspecified atom stereocenters. The average molecular weight is 732 g/mol. The molecule has 3 nitrogen and oxygen atoms in total. The Morgan fingerprint density at radius 2 is 0.875 bits per heavy atom. The largest absolute Gasteiger partial charge is 0.309 e. The van der Waals surface area contributed by atoms with Crippen LogP contribution >= 0.6 is 11.8 Å². The molecular weight excluding hydrogens is 699 g/mol. The maximum Gasteiger partial charge on any atom is 0.0602 e. The molecule has 0 atom stereocenters. The lowest BCUT2D eigenvalue weighted by Gasteiger charge is -2.33. The molecule has 0 amide bonds. The van der Waals surface area contributed by atoms with Crippen molar-refractivity contribution in [3.05, 3.63) is 200 Å². The van der Waals surface area contributed by atoms with E-state index < -0.39 is 0 Å². The fourth-order valence-corrected chi connectivity index (χ4v) is 10.0. The maximum absolute atomic E-state index is 2.43. The van der Waals surface area contributed by atoms with Gasteiger partial charge in [-0.2, -0.15) is 0 Å². The fourth-order valence-electron chi connectivity index (χ4n) is 8.92. The van der Waals surface area contributed by atoms with Gasteiger partial charge in [-0.25, -0.2) is 0 Å². The summed E-state index contributed by atoms with van der Waals surface area (Å²) in [7, 11) is 0. The molecule has 11 aromatic rings. The molecule has 1 aliphatic heterocycles. The summed E-state index contributed by atoms with van der Waals surface area (Å²) >= 11 is 1.86. The van der Waals surface area contributed by atoms with E-state index in [-0.39, 0.29) is 0 Å². The lowest BCUT2D eigenvalue weighted by Crippen LogP contribution is -2.14. The van der Waals surface area contributed by atoms with E-state index in [1.54, 1.807) is 0 Å². The molecule has 56 heavy (non-hydrogen) atoms. The highest BCUT2D eigenvalue weighted by molar-refractivity contribution is 7.99. The molecule has 262 valence electrons. The van der Waals surface area contributed by atoms with Crippen molar-refractivity contribution < 1.29 is 0 Å². The molecule has 1 aliphatic rings.